The van der Waals surface area contributed by atoms with E-state index in [2.05, 4.69) is 9.97 Å². The molecule has 104 valence electrons. The van der Waals surface area contributed by atoms with E-state index in [1.54, 1.807) is 6.92 Å². The van der Waals surface area contributed by atoms with Crippen LogP contribution in [0.4, 0.5) is 9.83 Å². The van der Waals surface area contributed by atoms with Gasteiger partial charge in [0.25, 0.3) is 5.56 Å². The minimum Gasteiger partial charge on any atom is -0.292 e. The fraction of sp³-hybridized carbons (Fsp3) is 0.500. The number of halogens is 1. The Morgan fingerprint density at radius 3 is 2.74 bits per heavy atom. The van der Waals surface area contributed by atoms with Gasteiger partial charge in [0, 0.05) is 24.7 Å². The summed E-state index contributed by atoms with van der Waals surface area (Å²) in [5, 5.41) is -1.41. The largest absolute Gasteiger partial charge is 0.307 e. The maximum atomic E-state index is 12.9. The third-order valence-corrected chi connectivity index (χ3v) is 4.00. The smallest absolute Gasteiger partial charge is 0.292 e. The van der Waals surface area contributed by atoms with Crippen molar-refractivity contribution in [1.29, 1.82) is 0 Å². The summed E-state index contributed by atoms with van der Waals surface area (Å²) in [6.07, 6.45) is 0.0443. The molecule has 2 rings (SSSR count). The highest BCUT2D eigenvalue weighted by Gasteiger charge is 2.40. The molecule has 7 nitrogen and oxygen atoms in total. The molecule has 1 N–H and O–H groups in total. The van der Waals surface area contributed by atoms with Crippen LogP contribution in [0.25, 0.3) is 0 Å². The van der Waals surface area contributed by atoms with Crippen LogP contribution in [0.5, 0.6) is 0 Å². The lowest BCUT2D eigenvalue weighted by atomic mass is 10.3. The van der Waals surface area contributed by atoms with Crippen molar-refractivity contribution in [3.8, 4) is 0 Å². The first-order chi connectivity index (χ1) is 8.81. The second kappa shape index (κ2) is 4.72. The first-order valence-corrected chi connectivity index (χ1v) is 7.10. The van der Waals surface area contributed by atoms with Gasteiger partial charge >= 0.3 is 10.2 Å². The Morgan fingerprint density at radius 1 is 1.53 bits per heavy atom. The molecule has 9 heteroatoms. The van der Waals surface area contributed by atoms with E-state index in [4.69, 9.17) is 0 Å². The summed E-state index contributed by atoms with van der Waals surface area (Å²) in [6.45, 7) is 1.44. The standard InChI is InChI=1S/C10H12FN3O4S/c1-2-6-3-8(15)13-10(12-6)14-5-7(4-9(14)16)19(11,17)18/h3,7H,2,4-5H2,1H3,(H,12,13,15). The molecule has 1 atom stereocenters. The number of amides is 1. The van der Waals surface area contributed by atoms with Crippen molar-refractivity contribution < 1.29 is 17.1 Å². The summed E-state index contributed by atoms with van der Waals surface area (Å²) < 4.78 is 34.5. The summed E-state index contributed by atoms with van der Waals surface area (Å²) in [6, 6.07) is 1.29. The Bertz CT molecular complexity index is 670. The highest BCUT2D eigenvalue weighted by Crippen LogP contribution is 2.22. The Morgan fingerprint density at radius 2 is 2.21 bits per heavy atom. The third-order valence-electron chi connectivity index (χ3n) is 2.89. The summed E-state index contributed by atoms with van der Waals surface area (Å²) in [5.74, 6) is -0.622. The van der Waals surface area contributed by atoms with E-state index >= 15 is 0 Å². The molecule has 0 spiro atoms. The Kier molecular flexibility index (Phi) is 3.40. The van der Waals surface area contributed by atoms with E-state index in [1.807, 2.05) is 0 Å². The molecule has 1 aromatic rings. The predicted octanol–water partition coefficient (Wildman–Crippen LogP) is -0.263. The zero-order valence-electron chi connectivity index (χ0n) is 10.1. The highest BCUT2D eigenvalue weighted by molar-refractivity contribution is 7.87. The molecule has 1 aliphatic rings. The molecule has 1 aliphatic heterocycles. The molecule has 1 unspecified atom stereocenters. The maximum Gasteiger partial charge on any atom is 0.307 e. The lowest BCUT2D eigenvalue weighted by Crippen LogP contribution is -2.30. The van der Waals surface area contributed by atoms with Gasteiger partial charge < -0.3 is 0 Å². The second-order valence-corrected chi connectivity index (χ2v) is 5.84. The van der Waals surface area contributed by atoms with Gasteiger partial charge in [0.15, 0.2) is 0 Å². The van der Waals surface area contributed by atoms with E-state index in [9.17, 15) is 21.9 Å². The molecule has 0 radical (unpaired) electrons. The van der Waals surface area contributed by atoms with Crippen LogP contribution >= 0.6 is 0 Å². The Labute approximate surface area is 108 Å². The summed E-state index contributed by atoms with van der Waals surface area (Å²) in [7, 11) is -4.78. The number of rotatable bonds is 3. The van der Waals surface area contributed by atoms with Gasteiger partial charge in [-0.2, -0.15) is 8.42 Å². The van der Waals surface area contributed by atoms with Crippen LogP contribution in [-0.4, -0.2) is 36.1 Å². The van der Waals surface area contributed by atoms with Crippen molar-refractivity contribution in [2.45, 2.75) is 25.0 Å². The number of aromatic amines is 1. The molecule has 1 aromatic heterocycles. The number of anilines is 1. The van der Waals surface area contributed by atoms with Gasteiger partial charge in [0.05, 0.1) is 0 Å². The monoisotopic (exact) mass is 289 g/mol. The number of hydrogen-bond acceptors (Lipinski definition) is 5. The lowest BCUT2D eigenvalue weighted by molar-refractivity contribution is -0.117. The minimum absolute atomic E-state index is 0.0412. The molecule has 0 aliphatic carbocycles. The first-order valence-electron chi connectivity index (χ1n) is 5.65. The zero-order chi connectivity index (χ0) is 14.2. The number of carbonyl (C=O) groups excluding carboxylic acids is 1. The Balaban J connectivity index is 2.36. The van der Waals surface area contributed by atoms with Gasteiger partial charge in [-0.05, 0) is 6.42 Å². The fourth-order valence-electron chi connectivity index (χ4n) is 1.87. The van der Waals surface area contributed by atoms with E-state index in [0.717, 1.165) is 4.90 Å². The summed E-state index contributed by atoms with van der Waals surface area (Å²) >= 11 is 0. The molecule has 1 amide bonds. The van der Waals surface area contributed by atoms with Gasteiger partial charge in [0.1, 0.15) is 5.25 Å². The fourth-order valence-corrected chi connectivity index (χ4v) is 2.54. The number of hydrogen-bond donors (Lipinski definition) is 1. The van der Waals surface area contributed by atoms with Gasteiger partial charge in [0.2, 0.25) is 11.9 Å². The lowest BCUT2D eigenvalue weighted by Gasteiger charge is -2.14. The predicted molar refractivity (Wildman–Crippen MR) is 65.0 cm³/mol. The molecule has 1 fully saturated rings. The van der Waals surface area contributed by atoms with Crippen LogP contribution in [0.3, 0.4) is 0 Å². The van der Waals surface area contributed by atoms with Crippen LogP contribution in [0, 0.1) is 0 Å². The number of nitrogens with one attached hydrogen (secondary N) is 1. The maximum absolute atomic E-state index is 12.9. The second-order valence-electron chi connectivity index (χ2n) is 4.22. The number of aromatic nitrogens is 2. The van der Waals surface area contributed by atoms with Crippen LogP contribution in [0.1, 0.15) is 19.0 Å². The van der Waals surface area contributed by atoms with Gasteiger partial charge in [-0.1, -0.05) is 6.92 Å². The third kappa shape index (κ3) is 2.80. The van der Waals surface area contributed by atoms with Crippen LogP contribution in [-0.2, 0) is 21.4 Å². The molecule has 0 bridgehead atoms. The topological polar surface area (TPSA) is 100 Å². The first kappa shape index (κ1) is 13.7. The quantitative estimate of drug-likeness (QED) is 0.772. The van der Waals surface area contributed by atoms with Crippen molar-refractivity contribution in [2.24, 2.45) is 0 Å². The van der Waals surface area contributed by atoms with Crippen molar-refractivity contribution in [3.05, 3.63) is 22.1 Å². The molecular weight excluding hydrogens is 277 g/mol. The molecular formula is C10H12FN3O4S. The van der Waals surface area contributed by atoms with Crippen molar-refractivity contribution >= 4 is 22.1 Å². The summed E-state index contributed by atoms with van der Waals surface area (Å²) in [4.78, 5) is 30.4. The van der Waals surface area contributed by atoms with Crippen molar-refractivity contribution in [2.75, 3.05) is 11.4 Å². The average Bonchev–Trinajstić information content (AvgIpc) is 2.70. The van der Waals surface area contributed by atoms with Gasteiger partial charge in [-0.25, -0.2) is 4.98 Å². The zero-order valence-corrected chi connectivity index (χ0v) is 10.9. The van der Waals surface area contributed by atoms with E-state index in [0.29, 0.717) is 12.1 Å². The van der Waals surface area contributed by atoms with E-state index in [1.165, 1.54) is 6.07 Å². The van der Waals surface area contributed by atoms with Crippen molar-refractivity contribution in [3.63, 3.8) is 0 Å². The minimum atomic E-state index is -4.78. The SMILES string of the molecule is CCc1cc(=O)[nH]c(N2CC(S(=O)(=O)F)CC2=O)n1. The Hall–Kier alpha value is -1.77. The number of nitrogens with zero attached hydrogens (tertiary/aromatic N) is 2. The normalized spacial score (nSPS) is 20.0. The molecule has 2 heterocycles. The molecule has 0 saturated carbocycles. The van der Waals surface area contributed by atoms with Gasteiger partial charge in [-0.3, -0.25) is 19.5 Å². The van der Waals surface area contributed by atoms with Crippen molar-refractivity contribution in [1.82, 2.24) is 9.97 Å². The van der Waals surface area contributed by atoms with Crippen LogP contribution < -0.4 is 10.5 Å². The number of H-pyrrole nitrogens is 1. The number of aryl methyl sites for hydroxylation is 1. The molecule has 19 heavy (non-hydrogen) atoms. The number of carbonyl (C=O) groups is 1. The summed E-state index contributed by atoms with van der Waals surface area (Å²) in [5.41, 5.74) is 0.0271. The van der Waals surface area contributed by atoms with E-state index < -0.39 is 33.4 Å². The molecule has 0 aromatic carbocycles. The van der Waals surface area contributed by atoms with Gasteiger partial charge in [-0.15, -0.1) is 3.89 Å². The van der Waals surface area contributed by atoms with E-state index in [-0.39, 0.29) is 12.5 Å². The highest BCUT2D eigenvalue weighted by atomic mass is 32.3. The van der Waals surface area contributed by atoms with Crippen LogP contribution in [0.15, 0.2) is 10.9 Å². The molecule has 1 saturated heterocycles. The van der Waals surface area contributed by atoms with Crippen LogP contribution in [0.2, 0.25) is 0 Å². The average molecular weight is 289 g/mol.